The van der Waals surface area contributed by atoms with Crippen molar-refractivity contribution < 1.29 is 26.0 Å². The molecule has 1 aliphatic rings. The lowest BCUT2D eigenvalue weighted by Crippen LogP contribution is -2.64. The minimum Gasteiger partial charge on any atom is -0.463 e. The largest absolute Gasteiger partial charge is 0.463 e. The molecule has 0 radical (unpaired) electrons. The average molecular weight is 381 g/mol. The fourth-order valence-corrected chi connectivity index (χ4v) is 23.2. The van der Waals surface area contributed by atoms with Crippen molar-refractivity contribution in [3.05, 3.63) is 11.8 Å². The summed E-state index contributed by atoms with van der Waals surface area (Å²) in [4.78, 5) is 11.6. The van der Waals surface area contributed by atoms with Crippen LogP contribution in [0.25, 0.3) is 0 Å². The SMILES string of the molecule is CCOC(=O)/C=C/[Si]1(C)O[Si](C)(C)O[Si](C)(C)O[Si](C)(C)O1. The molecule has 0 aliphatic carbocycles. The van der Waals surface area contributed by atoms with Crippen LogP contribution in [0.3, 0.4) is 0 Å². The number of carbonyl (C=O) groups excluding carboxylic acids is 1. The highest BCUT2D eigenvalue weighted by Crippen LogP contribution is 2.31. The molecule has 0 N–H and O–H groups in total. The van der Waals surface area contributed by atoms with Gasteiger partial charge in [0.25, 0.3) is 0 Å². The zero-order valence-electron chi connectivity index (χ0n) is 14.8. The molecule has 10 heteroatoms. The van der Waals surface area contributed by atoms with Crippen molar-refractivity contribution in [3.8, 4) is 0 Å². The Morgan fingerprint density at radius 1 is 0.864 bits per heavy atom. The predicted octanol–water partition coefficient (Wildman–Crippen LogP) is 2.90. The van der Waals surface area contributed by atoms with Crippen LogP contribution in [0.1, 0.15) is 6.92 Å². The van der Waals surface area contributed by atoms with Gasteiger partial charge in [-0.3, -0.25) is 0 Å². The standard InChI is InChI=1S/C12H28O6Si4/c1-9-14-12(13)10-11-22(8)17-20(4,5)15-19(2,3)16-21(6,7)18-22/h10-11H,9H2,1-8H3/b11-10+. The lowest BCUT2D eigenvalue weighted by molar-refractivity contribution is -0.137. The van der Waals surface area contributed by atoms with Crippen molar-refractivity contribution in [1.29, 1.82) is 0 Å². The molecule has 0 saturated carbocycles. The zero-order chi connectivity index (χ0) is 17.2. The first kappa shape index (κ1) is 20.0. The summed E-state index contributed by atoms with van der Waals surface area (Å²) >= 11 is 0. The van der Waals surface area contributed by atoms with Gasteiger partial charge in [-0.2, -0.15) is 0 Å². The fourth-order valence-electron chi connectivity index (χ4n) is 2.72. The van der Waals surface area contributed by atoms with Crippen molar-refractivity contribution in [2.75, 3.05) is 6.61 Å². The molecular formula is C12H28O6Si4. The third-order valence-corrected chi connectivity index (χ3v) is 18.5. The van der Waals surface area contributed by atoms with Crippen molar-refractivity contribution in [1.82, 2.24) is 0 Å². The Morgan fingerprint density at radius 2 is 1.27 bits per heavy atom. The molecule has 1 saturated heterocycles. The molecule has 128 valence electrons. The maximum absolute atomic E-state index is 11.6. The number of hydrogen-bond acceptors (Lipinski definition) is 6. The molecule has 1 aliphatic heterocycles. The topological polar surface area (TPSA) is 63.2 Å². The van der Waals surface area contributed by atoms with Gasteiger partial charge in [-0.05, 0) is 58.5 Å². The van der Waals surface area contributed by atoms with Crippen molar-refractivity contribution in [2.24, 2.45) is 0 Å². The van der Waals surface area contributed by atoms with Gasteiger partial charge < -0.3 is 21.2 Å². The number of ether oxygens (including phenoxy) is 1. The van der Waals surface area contributed by atoms with Crippen LogP contribution < -0.4 is 0 Å². The first-order chi connectivity index (χ1) is 9.78. The molecule has 0 spiro atoms. The summed E-state index contributed by atoms with van der Waals surface area (Å²) in [6.07, 6.45) is 1.40. The molecule has 0 aromatic rings. The summed E-state index contributed by atoms with van der Waals surface area (Å²) in [6.45, 7) is 16.0. The number of carbonyl (C=O) groups is 1. The van der Waals surface area contributed by atoms with Crippen LogP contribution in [0.4, 0.5) is 0 Å². The van der Waals surface area contributed by atoms with Gasteiger partial charge in [0.15, 0.2) is 0 Å². The molecule has 6 nitrogen and oxygen atoms in total. The van der Waals surface area contributed by atoms with E-state index in [0.717, 1.165) is 0 Å². The van der Waals surface area contributed by atoms with Crippen LogP contribution in [0.2, 0.25) is 45.8 Å². The molecule has 1 fully saturated rings. The monoisotopic (exact) mass is 380 g/mol. The Morgan fingerprint density at radius 3 is 1.68 bits per heavy atom. The van der Waals surface area contributed by atoms with E-state index in [2.05, 4.69) is 0 Å². The second kappa shape index (κ2) is 6.81. The van der Waals surface area contributed by atoms with E-state index >= 15 is 0 Å². The minimum atomic E-state index is -2.73. The van der Waals surface area contributed by atoms with Crippen LogP contribution in [0.5, 0.6) is 0 Å². The Labute approximate surface area is 137 Å². The summed E-state index contributed by atoms with van der Waals surface area (Å²) in [5.74, 6) is -0.388. The summed E-state index contributed by atoms with van der Waals surface area (Å²) in [6, 6.07) is 0. The average Bonchev–Trinajstić information content (AvgIpc) is 2.19. The van der Waals surface area contributed by atoms with Gasteiger partial charge in [0.2, 0.25) is 0 Å². The molecule has 0 amide bonds. The highest BCUT2D eigenvalue weighted by atomic mass is 28.5. The smallest absolute Gasteiger partial charge is 0.344 e. The second-order valence-electron chi connectivity index (χ2n) is 6.71. The summed E-state index contributed by atoms with van der Waals surface area (Å²) < 4.78 is 30.0. The quantitative estimate of drug-likeness (QED) is 0.426. The van der Waals surface area contributed by atoms with Gasteiger partial charge in [-0.1, -0.05) is 0 Å². The molecule has 0 aromatic carbocycles. The van der Waals surface area contributed by atoms with Crippen LogP contribution >= 0.6 is 0 Å². The molecule has 1 rings (SSSR count). The van der Waals surface area contributed by atoms with Crippen molar-refractivity contribution in [2.45, 2.75) is 52.8 Å². The Kier molecular flexibility index (Phi) is 6.18. The minimum absolute atomic E-state index is 0.343. The van der Waals surface area contributed by atoms with E-state index in [1.165, 1.54) is 6.08 Å². The summed E-state index contributed by atoms with van der Waals surface area (Å²) in [5.41, 5.74) is 1.72. The molecule has 0 atom stereocenters. The van der Waals surface area contributed by atoms with Crippen LogP contribution in [-0.2, 0) is 26.0 Å². The highest BCUT2D eigenvalue weighted by Gasteiger charge is 2.51. The number of esters is 1. The first-order valence-electron chi connectivity index (χ1n) is 7.45. The van der Waals surface area contributed by atoms with Gasteiger partial charge in [-0.25, -0.2) is 4.79 Å². The van der Waals surface area contributed by atoms with Gasteiger partial charge >= 0.3 is 40.2 Å². The normalized spacial score (nSPS) is 26.2. The van der Waals surface area contributed by atoms with Gasteiger partial charge in [0.05, 0.1) is 6.61 Å². The Bertz CT molecular complexity index is 427. The lowest BCUT2D eigenvalue weighted by Gasteiger charge is -2.46. The fraction of sp³-hybridized carbons (Fsp3) is 0.750. The molecule has 0 bridgehead atoms. The van der Waals surface area contributed by atoms with Crippen LogP contribution in [-0.4, -0.2) is 46.8 Å². The molecule has 22 heavy (non-hydrogen) atoms. The van der Waals surface area contributed by atoms with E-state index in [4.69, 9.17) is 21.2 Å². The maximum atomic E-state index is 11.6. The highest BCUT2D eigenvalue weighted by molar-refractivity contribution is 6.94. The van der Waals surface area contributed by atoms with E-state index in [0.29, 0.717) is 6.61 Å². The zero-order valence-corrected chi connectivity index (χ0v) is 18.8. The van der Waals surface area contributed by atoms with Crippen molar-refractivity contribution >= 4 is 40.2 Å². The van der Waals surface area contributed by atoms with Gasteiger partial charge in [0, 0.05) is 6.08 Å². The summed E-state index contributed by atoms with van der Waals surface area (Å²) in [7, 11) is -9.82. The van der Waals surface area contributed by atoms with E-state index in [-0.39, 0.29) is 5.97 Å². The Hall–Kier alpha value is -0.0825. The number of hydrogen-bond donors (Lipinski definition) is 0. The van der Waals surface area contributed by atoms with E-state index in [9.17, 15) is 4.79 Å². The third kappa shape index (κ3) is 6.58. The van der Waals surface area contributed by atoms with E-state index < -0.39 is 34.2 Å². The van der Waals surface area contributed by atoms with Gasteiger partial charge in [-0.15, -0.1) is 0 Å². The van der Waals surface area contributed by atoms with E-state index in [1.807, 2.05) is 45.8 Å². The molecule has 1 heterocycles. The van der Waals surface area contributed by atoms with Crippen LogP contribution in [0, 0.1) is 0 Å². The van der Waals surface area contributed by atoms with Gasteiger partial charge in [0.1, 0.15) is 0 Å². The molecular weight excluding hydrogens is 352 g/mol. The van der Waals surface area contributed by atoms with E-state index in [1.54, 1.807) is 12.6 Å². The molecule has 0 aromatic heterocycles. The predicted molar refractivity (Wildman–Crippen MR) is 94.2 cm³/mol. The first-order valence-corrected chi connectivity index (χ1v) is 18.3. The Balaban J connectivity index is 3.04. The maximum Gasteiger partial charge on any atom is 0.344 e. The number of rotatable bonds is 3. The lowest BCUT2D eigenvalue weighted by atomic mass is 10.6. The third-order valence-electron chi connectivity index (χ3n) is 2.69. The van der Waals surface area contributed by atoms with Crippen LogP contribution in [0.15, 0.2) is 11.8 Å². The molecule has 0 unspecified atom stereocenters. The second-order valence-corrected chi connectivity index (χ2v) is 20.7. The summed E-state index contributed by atoms with van der Waals surface area (Å²) in [5, 5.41) is 0. The van der Waals surface area contributed by atoms with Crippen molar-refractivity contribution in [3.63, 3.8) is 0 Å².